The molecule has 0 aliphatic carbocycles. The van der Waals surface area contributed by atoms with E-state index in [4.69, 9.17) is 0 Å². The van der Waals surface area contributed by atoms with E-state index in [9.17, 15) is 0 Å². The Morgan fingerprint density at radius 3 is 2.85 bits per heavy atom. The predicted molar refractivity (Wildman–Crippen MR) is 83.7 cm³/mol. The van der Waals surface area contributed by atoms with Crippen LogP contribution in [-0.2, 0) is 19.3 Å². The molecule has 4 nitrogen and oxygen atoms in total. The van der Waals surface area contributed by atoms with Crippen molar-refractivity contribution in [2.24, 2.45) is 7.05 Å². The Morgan fingerprint density at radius 1 is 1.30 bits per heavy atom. The monoisotopic (exact) mass is 290 g/mol. The maximum absolute atomic E-state index is 4.19. The first-order chi connectivity index (χ1) is 9.70. The largest absolute Gasteiger partial charge is 0.318 e. The highest BCUT2D eigenvalue weighted by Gasteiger charge is 2.05. The van der Waals surface area contributed by atoms with Crippen molar-refractivity contribution in [3.8, 4) is 0 Å². The number of hydrogen-bond donors (Lipinski definition) is 1. The van der Waals surface area contributed by atoms with Crippen LogP contribution in [0, 0.1) is 6.92 Å². The first-order valence-corrected chi connectivity index (χ1v) is 7.96. The van der Waals surface area contributed by atoms with Gasteiger partial charge in [-0.15, -0.1) is 22.0 Å². The van der Waals surface area contributed by atoms with Crippen LogP contribution < -0.4 is 5.32 Å². The Morgan fingerprint density at radius 2 is 2.15 bits per heavy atom. The number of rotatable bonds is 7. The van der Waals surface area contributed by atoms with Crippen LogP contribution in [0.15, 0.2) is 29.2 Å². The van der Waals surface area contributed by atoms with Gasteiger partial charge in [-0.1, -0.05) is 19.1 Å². The molecule has 0 saturated heterocycles. The Hall–Kier alpha value is -1.33. The van der Waals surface area contributed by atoms with Crippen LogP contribution in [-0.4, -0.2) is 21.3 Å². The molecule has 0 saturated carbocycles. The van der Waals surface area contributed by atoms with E-state index in [-0.39, 0.29) is 0 Å². The second kappa shape index (κ2) is 7.45. The Kier molecular flexibility index (Phi) is 5.61. The van der Waals surface area contributed by atoms with Gasteiger partial charge in [0.1, 0.15) is 11.6 Å². The van der Waals surface area contributed by atoms with Crippen LogP contribution >= 0.6 is 11.8 Å². The molecule has 0 aliphatic rings. The fourth-order valence-electron chi connectivity index (χ4n) is 1.88. The molecule has 1 aromatic heterocycles. The molecule has 0 radical (unpaired) electrons. The summed E-state index contributed by atoms with van der Waals surface area (Å²) in [7, 11) is 2.01. The molecule has 0 unspecified atom stereocenters. The lowest BCUT2D eigenvalue weighted by Gasteiger charge is -2.06. The molecule has 1 aromatic carbocycles. The number of aromatic nitrogens is 3. The van der Waals surface area contributed by atoms with Gasteiger partial charge >= 0.3 is 0 Å². The molecule has 0 atom stereocenters. The smallest absolute Gasteiger partial charge is 0.143 e. The molecule has 5 heteroatoms. The van der Waals surface area contributed by atoms with Gasteiger partial charge in [0, 0.05) is 18.5 Å². The highest BCUT2D eigenvalue weighted by atomic mass is 32.2. The molecule has 1 heterocycles. The van der Waals surface area contributed by atoms with Crippen LogP contribution in [0.25, 0.3) is 0 Å². The van der Waals surface area contributed by atoms with E-state index in [0.717, 1.165) is 30.5 Å². The van der Waals surface area contributed by atoms with Gasteiger partial charge in [-0.3, -0.25) is 0 Å². The minimum atomic E-state index is 0.850. The zero-order valence-electron chi connectivity index (χ0n) is 12.4. The van der Waals surface area contributed by atoms with Crippen LogP contribution in [0.5, 0.6) is 0 Å². The SMILES string of the molecule is CCCNCc1cccc(SCc2nnc(C)n2C)c1. The Bertz CT molecular complexity index is 551. The van der Waals surface area contributed by atoms with Crippen LogP contribution in [0.2, 0.25) is 0 Å². The second-order valence-electron chi connectivity index (χ2n) is 4.84. The molecule has 0 aliphatic heterocycles. The normalized spacial score (nSPS) is 10.9. The summed E-state index contributed by atoms with van der Waals surface area (Å²) in [4.78, 5) is 1.28. The lowest BCUT2D eigenvalue weighted by molar-refractivity contribution is 0.674. The summed E-state index contributed by atoms with van der Waals surface area (Å²) in [6.07, 6.45) is 1.17. The van der Waals surface area contributed by atoms with E-state index >= 15 is 0 Å². The Labute approximate surface area is 125 Å². The zero-order valence-corrected chi connectivity index (χ0v) is 13.2. The lowest BCUT2D eigenvalue weighted by Crippen LogP contribution is -2.13. The summed E-state index contributed by atoms with van der Waals surface area (Å²) < 4.78 is 2.04. The quantitative estimate of drug-likeness (QED) is 0.629. The minimum absolute atomic E-state index is 0.850. The summed E-state index contributed by atoms with van der Waals surface area (Å²) in [6.45, 7) is 6.16. The van der Waals surface area contributed by atoms with E-state index in [1.54, 1.807) is 11.8 Å². The van der Waals surface area contributed by atoms with Gasteiger partial charge in [-0.05, 0) is 37.6 Å². The van der Waals surface area contributed by atoms with Crippen molar-refractivity contribution in [2.45, 2.75) is 37.5 Å². The molecule has 0 spiro atoms. The fourth-order valence-corrected chi connectivity index (χ4v) is 2.84. The van der Waals surface area contributed by atoms with Gasteiger partial charge in [0.05, 0.1) is 5.75 Å². The van der Waals surface area contributed by atoms with E-state index in [2.05, 4.69) is 46.7 Å². The summed E-state index contributed by atoms with van der Waals surface area (Å²) >= 11 is 1.80. The van der Waals surface area contributed by atoms with Crippen LogP contribution in [0.1, 0.15) is 30.6 Å². The molecule has 0 bridgehead atoms. The number of nitrogens with zero attached hydrogens (tertiary/aromatic N) is 3. The number of aryl methyl sites for hydroxylation is 1. The van der Waals surface area contributed by atoms with Crippen molar-refractivity contribution in [3.05, 3.63) is 41.5 Å². The van der Waals surface area contributed by atoms with Gasteiger partial charge in [0.2, 0.25) is 0 Å². The lowest BCUT2D eigenvalue weighted by atomic mass is 10.2. The van der Waals surface area contributed by atoms with Gasteiger partial charge in [0.25, 0.3) is 0 Å². The van der Waals surface area contributed by atoms with Crippen molar-refractivity contribution in [3.63, 3.8) is 0 Å². The molecule has 2 rings (SSSR count). The maximum Gasteiger partial charge on any atom is 0.143 e. The first-order valence-electron chi connectivity index (χ1n) is 6.98. The zero-order chi connectivity index (χ0) is 14.4. The van der Waals surface area contributed by atoms with Gasteiger partial charge < -0.3 is 9.88 Å². The van der Waals surface area contributed by atoms with E-state index in [0.29, 0.717) is 0 Å². The number of benzene rings is 1. The average molecular weight is 290 g/mol. The molecule has 20 heavy (non-hydrogen) atoms. The molecule has 0 amide bonds. The average Bonchev–Trinajstić information content (AvgIpc) is 2.77. The second-order valence-corrected chi connectivity index (χ2v) is 5.88. The van der Waals surface area contributed by atoms with E-state index in [1.807, 2.05) is 18.5 Å². The molecule has 0 fully saturated rings. The van der Waals surface area contributed by atoms with Crippen LogP contribution in [0.4, 0.5) is 0 Å². The Balaban J connectivity index is 1.92. The molecular weight excluding hydrogens is 268 g/mol. The molecule has 1 N–H and O–H groups in total. The first kappa shape index (κ1) is 15.1. The summed E-state index contributed by atoms with van der Waals surface area (Å²) in [5.41, 5.74) is 1.33. The summed E-state index contributed by atoms with van der Waals surface area (Å²) in [5, 5.41) is 11.7. The highest BCUT2D eigenvalue weighted by Crippen LogP contribution is 2.22. The standard InChI is InChI=1S/C15H22N4S/c1-4-8-16-10-13-6-5-7-14(9-13)20-11-15-18-17-12(2)19(15)3/h5-7,9,16H,4,8,10-11H2,1-3H3. The third-order valence-electron chi connectivity index (χ3n) is 3.21. The molecule has 2 aromatic rings. The fraction of sp³-hybridized carbons (Fsp3) is 0.467. The van der Waals surface area contributed by atoms with Crippen molar-refractivity contribution in [1.29, 1.82) is 0 Å². The highest BCUT2D eigenvalue weighted by molar-refractivity contribution is 7.98. The van der Waals surface area contributed by atoms with Crippen molar-refractivity contribution >= 4 is 11.8 Å². The maximum atomic E-state index is 4.19. The number of nitrogens with one attached hydrogen (secondary N) is 1. The number of hydrogen-bond acceptors (Lipinski definition) is 4. The van der Waals surface area contributed by atoms with E-state index in [1.165, 1.54) is 16.9 Å². The molecular formula is C15H22N4S. The summed E-state index contributed by atoms with van der Waals surface area (Å²) in [6, 6.07) is 8.68. The minimum Gasteiger partial charge on any atom is -0.318 e. The number of thioether (sulfide) groups is 1. The third kappa shape index (κ3) is 4.08. The van der Waals surface area contributed by atoms with Crippen molar-refractivity contribution in [2.75, 3.05) is 6.54 Å². The molecule has 108 valence electrons. The van der Waals surface area contributed by atoms with Crippen LogP contribution in [0.3, 0.4) is 0 Å². The topological polar surface area (TPSA) is 42.7 Å². The van der Waals surface area contributed by atoms with Gasteiger partial charge in [-0.2, -0.15) is 0 Å². The van der Waals surface area contributed by atoms with Crippen molar-refractivity contribution < 1.29 is 0 Å². The van der Waals surface area contributed by atoms with Crippen molar-refractivity contribution in [1.82, 2.24) is 20.1 Å². The third-order valence-corrected chi connectivity index (χ3v) is 4.19. The van der Waals surface area contributed by atoms with E-state index < -0.39 is 0 Å². The predicted octanol–water partition coefficient (Wildman–Crippen LogP) is 2.92. The van der Waals surface area contributed by atoms with Gasteiger partial charge in [0.15, 0.2) is 0 Å². The summed E-state index contributed by atoms with van der Waals surface area (Å²) in [5.74, 6) is 2.82. The van der Waals surface area contributed by atoms with Gasteiger partial charge in [-0.25, -0.2) is 0 Å².